The van der Waals surface area contributed by atoms with E-state index in [1.807, 2.05) is 35.8 Å². The van der Waals surface area contributed by atoms with Crippen molar-refractivity contribution < 1.29 is 18.0 Å². The lowest BCUT2D eigenvalue weighted by Crippen LogP contribution is -2.30. The zero-order valence-corrected chi connectivity index (χ0v) is 23.2. The third-order valence-electron chi connectivity index (χ3n) is 5.80. The van der Waals surface area contributed by atoms with Crippen molar-refractivity contribution in [2.75, 3.05) is 25.4 Å². The van der Waals surface area contributed by atoms with Crippen LogP contribution in [-0.4, -0.2) is 64.6 Å². The summed E-state index contributed by atoms with van der Waals surface area (Å²) in [6.45, 7) is 8.38. The zero-order valence-electron chi connectivity index (χ0n) is 21.6. The number of sulfonamides is 1. The molecule has 0 fully saturated rings. The second-order valence-electron chi connectivity index (χ2n) is 8.48. The van der Waals surface area contributed by atoms with Crippen LogP contribution in [0, 0.1) is 6.92 Å². The largest absolute Gasteiger partial charge is 0.356 e. The van der Waals surface area contributed by atoms with Crippen LogP contribution >= 0.6 is 11.8 Å². The van der Waals surface area contributed by atoms with Gasteiger partial charge in [-0.25, -0.2) is 8.42 Å². The Labute approximate surface area is 222 Å². The van der Waals surface area contributed by atoms with Gasteiger partial charge in [0.25, 0.3) is 0 Å². The van der Waals surface area contributed by atoms with Gasteiger partial charge in [-0.2, -0.15) is 4.31 Å². The Bertz CT molecular complexity index is 1320. The van der Waals surface area contributed by atoms with Gasteiger partial charge in [0, 0.05) is 44.2 Å². The van der Waals surface area contributed by atoms with E-state index in [-0.39, 0.29) is 22.3 Å². The summed E-state index contributed by atoms with van der Waals surface area (Å²) in [7, 11) is -3.58. The van der Waals surface area contributed by atoms with Gasteiger partial charge >= 0.3 is 0 Å². The molecule has 2 aromatic carbocycles. The van der Waals surface area contributed by atoms with E-state index in [9.17, 15) is 18.0 Å². The standard InChI is InChI=1S/C26H33N5O4S2/c1-5-30(6-2)37(34,35)23-15-11-21(12-16-23)24(33)18-36-26-29-28-25(8-7-17-27-20(4)32)31(26)22-13-9-19(3)10-14-22/h9-16H,5-8,17-18H2,1-4H3,(H,27,32). The number of Topliss-reactive ketones (excluding diaryl/α,β-unsaturated/α-hetero) is 1. The lowest BCUT2D eigenvalue weighted by Gasteiger charge is -2.18. The number of aromatic nitrogens is 3. The molecule has 1 heterocycles. The molecule has 11 heteroatoms. The number of hydrogen-bond donors (Lipinski definition) is 1. The van der Waals surface area contributed by atoms with E-state index < -0.39 is 10.0 Å². The number of hydrogen-bond acceptors (Lipinski definition) is 7. The van der Waals surface area contributed by atoms with Gasteiger partial charge in [-0.05, 0) is 37.6 Å². The maximum Gasteiger partial charge on any atom is 0.243 e. The Morgan fingerprint density at radius 3 is 2.24 bits per heavy atom. The molecule has 0 atom stereocenters. The summed E-state index contributed by atoms with van der Waals surface area (Å²) in [6, 6.07) is 14.0. The second kappa shape index (κ2) is 13.0. The minimum atomic E-state index is -3.58. The smallest absolute Gasteiger partial charge is 0.243 e. The van der Waals surface area contributed by atoms with Crippen LogP contribution in [0.4, 0.5) is 0 Å². The first-order valence-corrected chi connectivity index (χ1v) is 14.6. The number of aryl methyl sites for hydroxylation is 2. The molecule has 9 nitrogen and oxygen atoms in total. The van der Waals surface area contributed by atoms with Crippen LogP contribution in [0.25, 0.3) is 5.69 Å². The Balaban J connectivity index is 1.75. The van der Waals surface area contributed by atoms with Crippen LogP contribution in [0.3, 0.4) is 0 Å². The monoisotopic (exact) mass is 543 g/mol. The highest BCUT2D eigenvalue weighted by Crippen LogP contribution is 2.24. The van der Waals surface area contributed by atoms with Gasteiger partial charge in [-0.1, -0.05) is 55.4 Å². The van der Waals surface area contributed by atoms with Crippen molar-refractivity contribution >= 4 is 33.5 Å². The first kappa shape index (κ1) is 28.5. The molecule has 0 saturated heterocycles. The molecule has 0 aliphatic rings. The summed E-state index contributed by atoms with van der Waals surface area (Å²) >= 11 is 1.28. The Morgan fingerprint density at radius 1 is 1.00 bits per heavy atom. The predicted molar refractivity (Wildman–Crippen MR) is 145 cm³/mol. The number of nitrogens with one attached hydrogen (secondary N) is 1. The minimum absolute atomic E-state index is 0.0755. The molecule has 1 aromatic heterocycles. The van der Waals surface area contributed by atoms with Crippen molar-refractivity contribution in [3.05, 3.63) is 65.5 Å². The molecule has 0 radical (unpaired) electrons. The van der Waals surface area contributed by atoms with Gasteiger partial charge < -0.3 is 5.32 Å². The van der Waals surface area contributed by atoms with E-state index in [1.54, 1.807) is 26.0 Å². The van der Waals surface area contributed by atoms with Gasteiger partial charge in [0.1, 0.15) is 5.82 Å². The molecule has 3 aromatic rings. The average molecular weight is 544 g/mol. The zero-order chi connectivity index (χ0) is 27.0. The fourth-order valence-corrected chi connectivity index (χ4v) is 6.08. The maximum absolute atomic E-state index is 12.9. The summed E-state index contributed by atoms with van der Waals surface area (Å²) in [5, 5.41) is 12.1. The number of nitrogens with zero attached hydrogens (tertiary/aromatic N) is 4. The van der Waals surface area contributed by atoms with Gasteiger partial charge in [-0.15, -0.1) is 10.2 Å². The molecular weight excluding hydrogens is 510 g/mol. The molecule has 1 amide bonds. The number of carbonyl (C=O) groups is 2. The number of thioether (sulfide) groups is 1. The maximum atomic E-state index is 12.9. The molecule has 0 aliphatic carbocycles. The van der Waals surface area contributed by atoms with Crippen molar-refractivity contribution in [1.29, 1.82) is 0 Å². The van der Waals surface area contributed by atoms with Crippen LogP contribution in [0.1, 0.15) is 48.9 Å². The Kier molecular flexibility index (Phi) is 10.0. The summed E-state index contributed by atoms with van der Waals surface area (Å²) < 4.78 is 28.7. The van der Waals surface area contributed by atoms with Gasteiger partial charge in [-0.3, -0.25) is 14.2 Å². The van der Waals surface area contributed by atoms with Crippen LogP contribution in [0.5, 0.6) is 0 Å². The van der Waals surface area contributed by atoms with Crippen LogP contribution < -0.4 is 5.32 Å². The van der Waals surface area contributed by atoms with Gasteiger partial charge in [0.2, 0.25) is 15.9 Å². The topological polar surface area (TPSA) is 114 Å². The van der Waals surface area contributed by atoms with Crippen molar-refractivity contribution in [2.45, 2.75) is 50.6 Å². The second-order valence-corrected chi connectivity index (χ2v) is 11.4. The van der Waals surface area contributed by atoms with E-state index in [4.69, 9.17) is 0 Å². The third-order valence-corrected chi connectivity index (χ3v) is 8.79. The van der Waals surface area contributed by atoms with Crippen molar-refractivity contribution in [2.24, 2.45) is 0 Å². The molecule has 37 heavy (non-hydrogen) atoms. The summed E-state index contributed by atoms with van der Waals surface area (Å²) in [4.78, 5) is 24.2. The molecule has 3 rings (SSSR count). The first-order chi connectivity index (χ1) is 17.7. The molecule has 0 unspecified atom stereocenters. The molecule has 0 saturated carbocycles. The minimum Gasteiger partial charge on any atom is -0.356 e. The van der Waals surface area contributed by atoms with Crippen molar-refractivity contribution in [3.63, 3.8) is 0 Å². The average Bonchev–Trinajstić information content (AvgIpc) is 3.28. The number of benzene rings is 2. The van der Waals surface area contributed by atoms with Crippen LogP contribution in [0.2, 0.25) is 0 Å². The first-order valence-electron chi connectivity index (χ1n) is 12.2. The van der Waals surface area contributed by atoms with E-state index in [2.05, 4.69) is 15.5 Å². The van der Waals surface area contributed by atoms with Crippen LogP contribution in [-0.2, 0) is 21.2 Å². The summed E-state index contributed by atoms with van der Waals surface area (Å²) in [5.41, 5.74) is 2.45. The molecule has 0 bridgehead atoms. The van der Waals surface area contributed by atoms with E-state index in [1.165, 1.54) is 35.1 Å². The summed E-state index contributed by atoms with van der Waals surface area (Å²) in [6.07, 6.45) is 1.31. The predicted octanol–water partition coefficient (Wildman–Crippen LogP) is 3.65. The molecular formula is C26H33N5O4S2. The number of carbonyl (C=O) groups excluding carboxylic acids is 2. The Morgan fingerprint density at radius 2 is 1.65 bits per heavy atom. The number of amides is 1. The fourth-order valence-electron chi connectivity index (χ4n) is 3.76. The van der Waals surface area contributed by atoms with Gasteiger partial charge in [0.05, 0.1) is 10.6 Å². The SMILES string of the molecule is CCN(CC)S(=O)(=O)c1ccc(C(=O)CSc2nnc(CCCNC(C)=O)n2-c2ccc(C)cc2)cc1. The third kappa shape index (κ3) is 7.27. The molecule has 0 spiro atoms. The number of rotatable bonds is 13. The number of ketones is 1. The van der Waals surface area contributed by atoms with Crippen molar-refractivity contribution in [1.82, 2.24) is 24.4 Å². The normalized spacial score (nSPS) is 11.6. The lowest BCUT2D eigenvalue weighted by atomic mass is 10.1. The van der Waals surface area contributed by atoms with Crippen LogP contribution in [0.15, 0.2) is 58.6 Å². The highest BCUT2D eigenvalue weighted by molar-refractivity contribution is 7.99. The van der Waals surface area contributed by atoms with E-state index in [0.717, 1.165) is 17.1 Å². The molecule has 0 aliphatic heterocycles. The lowest BCUT2D eigenvalue weighted by molar-refractivity contribution is -0.118. The highest BCUT2D eigenvalue weighted by Gasteiger charge is 2.22. The van der Waals surface area contributed by atoms with Crippen molar-refractivity contribution in [3.8, 4) is 5.69 Å². The fraction of sp³-hybridized carbons (Fsp3) is 0.385. The quantitative estimate of drug-likeness (QED) is 0.199. The molecule has 1 N–H and O–H groups in total. The van der Waals surface area contributed by atoms with E-state index >= 15 is 0 Å². The van der Waals surface area contributed by atoms with E-state index in [0.29, 0.717) is 43.2 Å². The summed E-state index contributed by atoms with van der Waals surface area (Å²) in [5.74, 6) is 0.656. The Hall–Kier alpha value is -3.02. The molecule has 198 valence electrons. The van der Waals surface area contributed by atoms with Gasteiger partial charge in [0.15, 0.2) is 10.9 Å². The highest BCUT2D eigenvalue weighted by atomic mass is 32.2.